The monoisotopic (exact) mass is 348 g/mol. The van der Waals surface area contributed by atoms with Crippen molar-refractivity contribution in [1.29, 1.82) is 0 Å². The average molecular weight is 349 g/mol. The molecule has 1 aliphatic heterocycles. The summed E-state index contributed by atoms with van der Waals surface area (Å²) in [6.45, 7) is 3.31. The van der Waals surface area contributed by atoms with Crippen LogP contribution >= 0.6 is 0 Å². The lowest BCUT2D eigenvalue weighted by Crippen LogP contribution is -2.32. The van der Waals surface area contributed by atoms with E-state index in [2.05, 4.69) is 19.1 Å². The SMILES string of the molecule is CCCC1CCC(C2CCC(/C=C/C3CCC(OC)CC3)CC2)CO1. The van der Waals surface area contributed by atoms with Crippen molar-refractivity contribution in [2.24, 2.45) is 23.7 Å². The average Bonchev–Trinajstić information content (AvgIpc) is 2.68. The van der Waals surface area contributed by atoms with Gasteiger partial charge < -0.3 is 9.47 Å². The van der Waals surface area contributed by atoms with Crippen molar-refractivity contribution in [2.75, 3.05) is 13.7 Å². The van der Waals surface area contributed by atoms with Crippen LogP contribution in [0.3, 0.4) is 0 Å². The van der Waals surface area contributed by atoms with E-state index in [1.54, 1.807) is 0 Å². The van der Waals surface area contributed by atoms with E-state index >= 15 is 0 Å². The highest BCUT2D eigenvalue weighted by molar-refractivity contribution is 4.97. The number of hydrogen-bond acceptors (Lipinski definition) is 2. The molecule has 3 fully saturated rings. The third-order valence-corrected chi connectivity index (χ3v) is 7.21. The van der Waals surface area contributed by atoms with E-state index in [4.69, 9.17) is 9.47 Å². The van der Waals surface area contributed by atoms with E-state index < -0.39 is 0 Å². The van der Waals surface area contributed by atoms with E-state index in [0.29, 0.717) is 12.2 Å². The summed E-state index contributed by atoms with van der Waals surface area (Å²) < 4.78 is 11.6. The van der Waals surface area contributed by atoms with Gasteiger partial charge in [-0.3, -0.25) is 0 Å². The molecule has 2 heteroatoms. The standard InChI is InChI=1S/C23H40O2/c1-3-4-23-16-13-21(17-25-23)20-11-7-18(8-12-20)5-6-19-9-14-22(24-2)15-10-19/h5-6,18-23H,3-4,7-17H2,1-2H3/b6-5+. The van der Waals surface area contributed by atoms with Gasteiger partial charge in [0, 0.05) is 7.11 Å². The summed E-state index contributed by atoms with van der Waals surface area (Å²) in [4.78, 5) is 0. The van der Waals surface area contributed by atoms with Crippen molar-refractivity contribution in [3.63, 3.8) is 0 Å². The molecule has 1 heterocycles. The van der Waals surface area contributed by atoms with Gasteiger partial charge >= 0.3 is 0 Å². The second-order valence-corrected chi connectivity index (χ2v) is 8.91. The molecule has 1 saturated heterocycles. The Balaban J connectivity index is 1.34. The second kappa shape index (κ2) is 10.1. The Labute approximate surface area is 155 Å². The van der Waals surface area contributed by atoms with Gasteiger partial charge in [0.25, 0.3) is 0 Å². The molecule has 0 aromatic carbocycles. The Hall–Kier alpha value is -0.340. The topological polar surface area (TPSA) is 18.5 Å². The summed E-state index contributed by atoms with van der Waals surface area (Å²) in [5.41, 5.74) is 0. The maximum Gasteiger partial charge on any atom is 0.0575 e. The smallest absolute Gasteiger partial charge is 0.0575 e. The zero-order valence-electron chi connectivity index (χ0n) is 16.6. The van der Waals surface area contributed by atoms with Gasteiger partial charge in [0.05, 0.1) is 18.8 Å². The Kier molecular flexibility index (Phi) is 7.86. The molecule has 2 atom stereocenters. The highest BCUT2D eigenvalue weighted by atomic mass is 16.5. The molecule has 0 aromatic rings. The third-order valence-electron chi connectivity index (χ3n) is 7.21. The predicted octanol–water partition coefficient (Wildman–Crippen LogP) is 6.15. The second-order valence-electron chi connectivity index (χ2n) is 8.91. The van der Waals surface area contributed by atoms with Crippen molar-refractivity contribution in [2.45, 2.75) is 96.2 Å². The molecule has 0 bridgehead atoms. The third kappa shape index (κ3) is 5.82. The maximum absolute atomic E-state index is 6.13. The van der Waals surface area contributed by atoms with Crippen LogP contribution in [-0.4, -0.2) is 25.9 Å². The van der Waals surface area contributed by atoms with Gasteiger partial charge in [0.1, 0.15) is 0 Å². The molecule has 0 N–H and O–H groups in total. The van der Waals surface area contributed by atoms with Crippen LogP contribution in [0.2, 0.25) is 0 Å². The first kappa shape index (κ1) is 19.4. The van der Waals surface area contributed by atoms with Crippen molar-refractivity contribution in [3.05, 3.63) is 12.2 Å². The van der Waals surface area contributed by atoms with Crippen LogP contribution in [0, 0.1) is 23.7 Å². The number of allylic oxidation sites excluding steroid dienone is 2. The lowest BCUT2D eigenvalue weighted by atomic mass is 9.73. The molecule has 3 aliphatic rings. The summed E-state index contributed by atoms with van der Waals surface area (Å²) in [7, 11) is 1.86. The van der Waals surface area contributed by atoms with Crippen LogP contribution in [-0.2, 0) is 9.47 Å². The fourth-order valence-electron chi connectivity index (χ4n) is 5.39. The minimum atomic E-state index is 0.523. The van der Waals surface area contributed by atoms with Crippen LogP contribution < -0.4 is 0 Å². The molecular formula is C23H40O2. The van der Waals surface area contributed by atoms with Crippen LogP contribution in [0.1, 0.15) is 84.0 Å². The molecule has 2 nitrogen and oxygen atoms in total. The molecule has 0 aromatic heterocycles. The van der Waals surface area contributed by atoms with E-state index in [0.717, 1.165) is 30.3 Å². The molecule has 0 amide bonds. The fraction of sp³-hybridized carbons (Fsp3) is 0.913. The molecule has 2 saturated carbocycles. The van der Waals surface area contributed by atoms with Crippen LogP contribution in [0.25, 0.3) is 0 Å². The fourth-order valence-corrected chi connectivity index (χ4v) is 5.39. The molecule has 2 aliphatic carbocycles. The van der Waals surface area contributed by atoms with Crippen LogP contribution in [0.5, 0.6) is 0 Å². The highest BCUT2D eigenvalue weighted by Gasteiger charge is 2.30. The zero-order valence-corrected chi connectivity index (χ0v) is 16.6. The quantitative estimate of drug-likeness (QED) is 0.536. The number of rotatable bonds is 6. The van der Waals surface area contributed by atoms with E-state index in [9.17, 15) is 0 Å². The van der Waals surface area contributed by atoms with Crippen molar-refractivity contribution in [3.8, 4) is 0 Å². The van der Waals surface area contributed by atoms with E-state index in [1.807, 2.05) is 7.11 Å². The Bertz CT molecular complexity index is 381. The molecule has 0 radical (unpaired) electrons. The molecule has 25 heavy (non-hydrogen) atoms. The van der Waals surface area contributed by atoms with Gasteiger partial charge in [0.2, 0.25) is 0 Å². The highest BCUT2D eigenvalue weighted by Crippen LogP contribution is 2.39. The van der Waals surface area contributed by atoms with Gasteiger partial charge in [-0.1, -0.05) is 25.5 Å². The minimum absolute atomic E-state index is 0.523. The number of methoxy groups -OCH3 is 1. The summed E-state index contributed by atoms with van der Waals surface area (Å²) >= 11 is 0. The summed E-state index contributed by atoms with van der Waals surface area (Å²) in [6, 6.07) is 0. The summed E-state index contributed by atoms with van der Waals surface area (Å²) in [5.74, 6) is 3.44. The van der Waals surface area contributed by atoms with Gasteiger partial charge in [-0.05, 0) is 94.3 Å². The maximum atomic E-state index is 6.13. The molecular weight excluding hydrogens is 308 g/mol. The van der Waals surface area contributed by atoms with Crippen LogP contribution in [0.15, 0.2) is 12.2 Å². The number of ether oxygens (including phenoxy) is 2. The summed E-state index contributed by atoms with van der Waals surface area (Å²) in [6.07, 6.45) is 22.3. The predicted molar refractivity (Wildman–Crippen MR) is 105 cm³/mol. The largest absolute Gasteiger partial charge is 0.381 e. The van der Waals surface area contributed by atoms with Crippen molar-refractivity contribution >= 4 is 0 Å². The first-order valence-electron chi connectivity index (χ1n) is 11.1. The lowest BCUT2D eigenvalue weighted by molar-refractivity contribution is -0.0413. The van der Waals surface area contributed by atoms with Gasteiger partial charge in [-0.2, -0.15) is 0 Å². The first-order chi connectivity index (χ1) is 12.3. The van der Waals surface area contributed by atoms with Crippen LogP contribution in [0.4, 0.5) is 0 Å². The van der Waals surface area contributed by atoms with Gasteiger partial charge in [0.15, 0.2) is 0 Å². The Morgan fingerprint density at radius 1 is 0.800 bits per heavy atom. The van der Waals surface area contributed by atoms with Crippen molar-refractivity contribution in [1.82, 2.24) is 0 Å². The molecule has 3 rings (SSSR count). The first-order valence-corrected chi connectivity index (χ1v) is 11.1. The molecule has 2 unspecified atom stereocenters. The normalized spacial score (nSPS) is 40.4. The van der Waals surface area contributed by atoms with Gasteiger partial charge in [-0.15, -0.1) is 0 Å². The van der Waals surface area contributed by atoms with E-state index in [1.165, 1.54) is 77.0 Å². The van der Waals surface area contributed by atoms with E-state index in [-0.39, 0.29) is 0 Å². The lowest BCUT2D eigenvalue weighted by Gasteiger charge is -2.37. The zero-order chi connectivity index (χ0) is 17.5. The summed E-state index contributed by atoms with van der Waals surface area (Å²) in [5, 5.41) is 0. The number of hydrogen-bond donors (Lipinski definition) is 0. The minimum Gasteiger partial charge on any atom is -0.381 e. The van der Waals surface area contributed by atoms with Gasteiger partial charge in [-0.25, -0.2) is 0 Å². The molecule has 0 spiro atoms. The Morgan fingerprint density at radius 2 is 1.40 bits per heavy atom. The molecule has 144 valence electrons. The Morgan fingerprint density at radius 3 is 1.92 bits per heavy atom. The van der Waals surface area contributed by atoms with Crippen molar-refractivity contribution < 1.29 is 9.47 Å².